The average molecular weight is 221 g/mol. The van der Waals surface area contributed by atoms with Crippen molar-refractivity contribution in [1.82, 2.24) is 13.6 Å². The summed E-state index contributed by atoms with van der Waals surface area (Å²) in [5.74, 6) is 0. The van der Waals surface area contributed by atoms with Gasteiger partial charge >= 0.3 is 0 Å². The third-order valence-corrected chi connectivity index (χ3v) is 3.67. The van der Waals surface area contributed by atoms with E-state index in [2.05, 4.69) is 26.4 Å². The highest BCUT2D eigenvalue weighted by Gasteiger charge is 2.22. The Labute approximate surface area is 90.2 Å². The van der Waals surface area contributed by atoms with Crippen LogP contribution in [0.25, 0.3) is 5.57 Å². The minimum absolute atomic E-state index is 1.02. The number of allylic oxidation sites excluding steroid dienone is 3. The van der Waals surface area contributed by atoms with Crippen molar-refractivity contribution in [2.24, 2.45) is 0 Å². The molecule has 0 aliphatic carbocycles. The molecule has 2 aliphatic heterocycles. The van der Waals surface area contributed by atoms with E-state index in [1.54, 1.807) is 11.8 Å². The molecule has 0 aromatic carbocycles. The van der Waals surface area contributed by atoms with Crippen LogP contribution in [0.4, 0.5) is 0 Å². The average Bonchev–Trinajstić information content (AvgIpc) is 2.65. The fourth-order valence-electron chi connectivity index (χ4n) is 1.45. The first-order chi connectivity index (χ1) is 6.84. The van der Waals surface area contributed by atoms with E-state index in [9.17, 15) is 0 Å². The number of aromatic nitrogens is 2. The van der Waals surface area contributed by atoms with Crippen molar-refractivity contribution in [3.05, 3.63) is 35.2 Å². The quantitative estimate of drug-likeness (QED) is 0.672. The molecule has 0 saturated carbocycles. The Bertz CT molecular complexity index is 470. The number of thioether (sulfide) groups is 1. The van der Waals surface area contributed by atoms with E-state index >= 15 is 0 Å². The Balaban J connectivity index is 2.17. The molecule has 0 fully saturated rings. The molecule has 0 radical (unpaired) electrons. The van der Waals surface area contributed by atoms with Crippen molar-refractivity contribution < 1.29 is 0 Å². The second kappa shape index (κ2) is 2.96. The smallest absolute Gasteiger partial charge is 0.142 e. The van der Waals surface area contributed by atoms with Crippen molar-refractivity contribution in [2.75, 3.05) is 7.05 Å². The molecule has 0 spiro atoms. The second-order valence-electron chi connectivity index (χ2n) is 3.13. The van der Waals surface area contributed by atoms with Crippen LogP contribution in [0.1, 0.15) is 5.69 Å². The predicted molar refractivity (Wildman–Crippen MR) is 58.7 cm³/mol. The molecule has 14 heavy (non-hydrogen) atoms. The molecular formula is C9H7N3S2. The second-order valence-corrected chi connectivity index (χ2v) is 4.52. The van der Waals surface area contributed by atoms with Gasteiger partial charge in [0, 0.05) is 25.0 Å². The summed E-state index contributed by atoms with van der Waals surface area (Å²) in [6, 6.07) is 0. The number of rotatable bonds is 0. The van der Waals surface area contributed by atoms with Crippen molar-refractivity contribution in [3.63, 3.8) is 0 Å². The molecule has 1 aromatic rings. The monoisotopic (exact) mass is 221 g/mol. The summed E-state index contributed by atoms with van der Waals surface area (Å²) in [5, 5.41) is 3.15. The number of hydrogen-bond donors (Lipinski definition) is 0. The summed E-state index contributed by atoms with van der Waals surface area (Å²) in [7, 11) is 2.02. The first-order valence-corrected chi connectivity index (χ1v) is 5.78. The van der Waals surface area contributed by atoms with E-state index < -0.39 is 0 Å². The van der Waals surface area contributed by atoms with Crippen LogP contribution in [0.5, 0.6) is 0 Å². The first-order valence-electron chi connectivity index (χ1n) is 4.17. The molecular weight excluding hydrogens is 214 g/mol. The minimum Gasteiger partial charge on any atom is -0.357 e. The van der Waals surface area contributed by atoms with E-state index in [4.69, 9.17) is 0 Å². The topological polar surface area (TPSA) is 29.0 Å². The molecule has 5 heteroatoms. The molecule has 3 rings (SSSR count). The SMILES string of the molecule is CN1C=CC2=CSc3nsnc3C2=C1. The molecule has 0 N–H and O–H groups in total. The molecule has 1 aromatic heterocycles. The summed E-state index contributed by atoms with van der Waals surface area (Å²) < 4.78 is 8.55. The summed E-state index contributed by atoms with van der Waals surface area (Å²) in [6.07, 6.45) is 6.23. The Morgan fingerprint density at radius 3 is 3.21 bits per heavy atom. The van der Waals surface area contributed by atoms with E-state index in [0.29, 0.717) is 0 Å². The van der Waals surface area contributed by atoms with Crippen molar-refractivity contribution >= 4 is 29.1 Å². The zero-order valence-corrected chi connectivity index (χ0v) is 9.10. The van der Waals surface area contributed by atoms with Crippen LogP contribution in [0, 0.1) is 0 Å². The van der Waals surface area contributed by atoms with Crippen LogP contribution in [-0.4, -0.2) is 20.7 Å². The molecule has 0 bridgehead atoms. The molecule has 3 nitrogen and oxygen atoms in total. The Hall–Kier alpha value is -1.07. The maximum absolute atomic E-state index is 4.32. The highest BCUT2D eigenvalue weighted by Crippen LogP contribution is 2.39. The minimum atomic E-state index is 1.02. The van der Waals surface area contributed by atoms with Gasteiger partial charge in [-0.2, -0.15) is 8.75 Å². The fraction of sp³-hybridized carbons (Fsp3) is 0.111. The summed E-state index contributed by atoms with van der Waals surface area (Å²) in [4.78, 5) is 2.03. The van der Waals surface area contributed by atoms with Crippen molar-refractivity contribution in [2.45, 2.75) is 5.03 Å². The first kappa shape index (κ1) is 8.26. The van der Waals surface area contributed by atoms with Gasteiger partial charge in [-0.1, -0.05) is 11.8 Å². The van der Waals surface area contributed by atoms with Gasteiger partial charge < -0.3 is 4.90 Å². The standard InChI is InChI=1S/C9H7N3S2/c1-12-3-2-6-5-13-9-8(7(6)4-12)10-14-11-9/h2-5H,1H3. The zero-order chi connectivity index (χ0) is 9.54. The third-order valence-electron chi connectivity index (χ3n) is 2.14. The highest BCUT2D eigenvalue weighted by atomic mass is 32.2. The molecule has 2 aliphatic rings. The fourth-order valence-corrected chi connectivity index (χ4v) is 2.96. The van der Waals surface area contributed by atoms with Gasteiger partial charge in [-0.3, -0.25) is 0 Å². The van der Waals surface area contributed by atoms with Gasteiger partial charge in [-0.15, -0.1) is 0 Å². The molecule has 0 saturated heterocycles. The van der Waals surface area contributed by atoms with Crippen LogP contribution in [-0.2, 0) is 0 Å². The number of hydrogen-bond acceptors (Lipinski definition) is 5. The van der Waals surface area contributed by atoms with Gasteiger partial charge in [0.05, 0.1) is 11.7 Å². The molecule has 3 heterocycles. The van der Waals surface area contributed by atoms with Gasteiger partial charge in [0.25, 0.3) is 0 Å². The summed E-state index contributed by atoms with van der Waals surface area (Å²) in [6.45, 7) is 0. The van der Waals surface area contributed by atoms with Crippen LogP contribution < -0.4 is 0 Å². The van der Waals surface area contributed by atoms with Crippen LogP contribution in [0.2, 0.25) is 0 Å². The lowest BCUT2D eigenvalue weighted by Gasteiger charge is -2.20. The molecule has 0 amide bonds. The van der Waals surface area contributed by atoms with E-state index in [1.807, 2.05) is 18.1 Å². The predicted octanol–water partition coefficient (Wildman–Crippen LogP) is 2.33. The van der Waals surface area contributed by atoms with Crippen LogP contribution >= 0.6 is 23.5 Å². The van der Waals surface area contributed by atoms with Gasteiger partial charge in [0.1, 0.15) is 10.7 Å². The van der Waals surface area contributed by atoms with Gasteiger partial charge in [-0.05, 0) is 17.1 Å². The van der Waals surface area contributed by atoms with Crippen molar-refractivity contribution in [3.8, 4) is 0 Å². The largest absolute Gasteiger partial charge is 0.357 e. The van der Waals surface area contributed by atoms with Crippen LogP contribution in [0.3, 0.4) is 0 Å². The lowest BCUT2D eigenvalue weighted by molar-refractivity contribution is 0.622. The number of nitrogens with zero attached hydrogens (tertiary/aromatic N) is 3. The number of fused-ring (bicyclic) bond motifs is 3. The molecule has 70 valence electrons. The van der Waals surface area contributed by atoms with Gasteiger partial charge in [0.15, 0.2) is 0 Å². The maximum Gasteiger partial charge on any atom is 0.142 e. The Kier molecular flexibility index (Phi) is 1.75. The van der Waals surface area contributed by atoms with E-state index in [-0.39, 0.29) is 0 Å². The highest BCUT2D eigenvalue weighted by molar-refractivity contribution is 8.02. The molecule has 0 unspecified atom stereocenters. The zero-order valence-electron chi connectivity index (χ0n) is 7.47. The third kappa shape index (κ3) is 1.13. The van der Waals surface area contributed by atoms with Crippen LogP contribution in [0.15, 0.2) is 34.5 Å². The lowest BCUT2D eigenvalue weighted by atomic mass is 10.0. The normalized spacial score (nSPS) is 18.5. The molecule has 0 atom stereocenters. The lowest BCUT2D eigenvalue weighted by Crippen LogP contribution is -2.09. The van der Waals surface area contributed by atoms with Crippen molar-refractivity contribution in [1.29, 1.82) is 0 Å². The van der Waals surface area contributed by atoms with Gasteiger partial charge in [0.2, 0.25) is 0 Å². The maximum atomic E-state index is 4.32. The van der Waals surface area contributed by atoms with E-state index in [0.717, 1.165) is 10.7 Å². The van der Waals surface area contributed by atoms with E-state index in [1.165, 1.54) is 22.9 Å². The van der Waals surface area contributed by atoms with Gasteiger partial charge in [-0.25, -0.2) is 0 Å². The summed E-state index contributed by atoms with van der Waals surface area (Å²) in [5.41, 5.74) is 3.43. The Morgan fingerprint density at radius 2 is 2.29 bits per heavy atom. The Morgan fingerprint density at radius 1 is 1.36 bits per heavy atom. The summed E-state index contributed by atoms with van der Waals surface area (Å²) >= 11 is 2.92.